The van der Waals surface area contributed by atoms with Crippen LogP contribution in [0.4, 0.5) is 0 Å². The first kappa shape index (κ1) is 26.1. The molecule has 0 radical (unpaired) electrons. The van der Waals surface area contributed by atoms with E-state index in [1.54, 1.807) is 6.92 Å². The molecule has 170 valence electrons. The third kappa shape index (κ3) is 15.6. The lowest BCUT2D eigenvalue weighted by Gasteiger charge is -2.27. The van der Waals surface area contributed by atoms with Gasteiger partial charge in [0, 0.05) is 12.3 Å². The summed E-state index contributed by atoms with van der Waals surface area (Å²) in [7, 11) is 0. The van der Waals surface area contributed by atoms with E-state index in [-0.39, 0.29) is 0 Å². The van der Waals surface area contributed by atoms with Gasteiger partial charge < -0.3 is 10.4 Å². The molecule has 2 N–H and O–H groups in total. The molecule has 1 aliphatic carbocycles. The maximum Gasteiger partial charge on any atom is 0.303 e. The van der Waals surface area contributed by atoms with E-state index < -0.39 is 5.97 Å². The number of unbranched alkanes of at least 4 members (excludes halogenated alkanes) is 12. The minimum Gasteiger partial charge on any atom is -0.481 e. The molecule has 1 rings (SSSR count). The Bertz CT molecular complexity index is 416. The Morgan fingerprint density at radius 3 is 1.62 bits per heavy atom. The fraction of sp³-hybridized carbons (Fsp3) is 0.920. The summed E-state index contributed by atoms with van der Waals surface area (Å²) in [4.78, 5) is 21.8. The number of hydrogen-bond donors (Lipinski definition) is 2. The average Bonchev–Trinajstić information content (AvgIpc) is 2.70. The summed E-state index contributed by atoms with van der Waals surface area (Å²) < 4.78 is 0. The van der Waals surface area contributed by atoms with Crippen LogP contribution in [0.2, 0.25) is 0 Å². The highest BCUT2D eigenvalue weighted by Crippen LogP contribution is 2.28. The van der Waals surface area contributed by atoms with Crippen LogP contribution in [-0.4, -0.2) is 29.9 Å². The van der Waals surface area contributed by atoms with Crippen LogP contribution in [0.3, 0.4) is 0 Å². The van der Waals surface area contributed by atoms with E-state index in [1.807, 2.05) is 0 Å². The zero-order chi connectivity index (χ0) is 21.2. The smallest absolute Gasteiger partial charge is 0.303 e. The molecule has 0 unspecified atom stereocenters. The molecular formula is C25H47NO3. The standard InChI is InChI=1S/C25H47NO3/c1-22(27)24-18-16-23(17-19-24)21-26-20-14-12-10-8-6-4-2-3-5-7-9-11-13-15-25(28)29/h23-24,26H,2-21H2,1H3,(H,28,29). The van der Waals surface area contributed by atoms with Gasteiger partial charge in [-0.3, -0.25) is 9.59 Å². The number of Topliss-reactive ketones (excluding diaryl/α,β-unsaturated/α-hetero) is 1. The van der Waals surface area contributed by atoms with Crippen LogP contribution in [-0.2, 0) is 9.59 Å². The number of ketones is 1. The van der Waals surface area contributed by atoms with Gasteiger partial charge in [0.1, 0.15) is 5.78 Å². The van der Waals surface area contributed by atoms with Crippen molar-refractivity contribution in [1.29, 1.82) is 0 Å². The van der Waals surface area contributed by atoms with Crippen molar-refractivity contribution in [2.24, 2.45) is 11.8 Å². The van der Waals surface area contributed by atoms with Crippen LogP contribution >= 0.6 is 0 Å². The maximum absolute atomic E-state index is 11.4. The predicted molar refractivity (Wildman–Crippen MR) is 121 cm³/mol. The van der Waals surface area contributed by atoms with Gasteiger partial charge in [0.05, 0.1) is 0 Å². The Morgan fingerprint density at radius 1 is 0.724 bits per heavy atom. The van der Waals surface area contributed by atoms with Crippen LogP contribution < -0.4 is 5.32 Å². The highest BCUT2D eigenvalue weighted by Gasteiger charge is 2.23. The lowest BCUT2D eigenvalue weighted by molar-refractivity contribution is -0.137. The molecule has 0 aromatic rings. The number of nitrogens with one attached hydrogen (secondary N) is 1. The highest BCUT2D eigenvalue weighted by atomic mass is 16.4. The van der Waals surface area contributed by atoms with Crippen molar-refractivity contribution < 1.29 is 14.7 Å². The van der Waals surface area contributed by atoms with Crippen LogP contribution in [0.5, 0.6) is 0 Å². The molecule has 4 nitrogen and oxygen atoms in total. The second-order valence-corrected chi connectivity index (χ2v) is 9.27. The normalized spacial score (nSPS) is 19.3. The van der Waals surface area contributed by atoms with Gasteiger partial charge in [-0.1, -0.05) is 70.6 Å². The van der Waals surface area contributed by atoms with E-state index in [4.69, 9.17) is 5.11 Å². The van der Waals surface area contributed by atoms with Crippen LogP contribution in [0.15, 0.2) is 0 Å². The van der Waals surface area contributed by atoms with E-state index in [0.29, 0.717) is 18.1 Å². The summed E-state index contributed by atoms with van der Waals surface area (Å²) in [5.41, 5.74) is 0. The van der Waals surface area contributed by atoms with Crippen molar-refractivity contribution in [2.45, 2.75) is 122 Å². The molecule has 1 aliphatic rings. The van der Waals surface area contributed by atoms with Gasteiger partial charge in [0.15, 0.2) is 0 Å². The van der Waals surface area contributed by atoms with Gasteiger partial charge in [0.25, 0.3) is 0 Å². The Labute approximate surface area is 179 Å². The first-order valence-electron chi connectivity index (χ1n) is 12.5. The number of aliphatic carboxylic acids is 1. The van der Waals surface area contributed by atoms with Crippen molar-refractivity contribution in [3.8, 4) is 0 Å². The summed E-state index contributed by atoms with van der Waals surface area (Å²) in [5.74, 6) is 0.865. The molecule has 0 atom stereocenters. The van der Waals surface area contributed by atoms with Gasteiger partial charge in [-0.15, -0.1) is 0 Å². The molecule has 0 heterocycles. The van der Waals surface area contributed by atoms with Crippen molar-refractivity contribution in [3.63, 3.8) is 0 Å². The van der Waals surface area contributed by atoms with Gasteiger partial charge >= 0.3 is 5.97 Å². The molecule has 0 saturated heterocycles. The fourth-order valence-electron chi connectivity index (χ4n) is 4.55. The quantitative estimate of drug-likeness (QED) is 0.238. The predicted octanol–water partition coefficient (Wildman–Crippen LogP) is 6.52. The molecule has 0 aromatic carbocycles. The molecule has 0 aromatic heterocycles. The fourth-order valence-corrected chi connectivity index (χ4v) is 4.55. The average molecular weight is 410 g/mol. The summed E-state index contributed by atoms with van der Waals surface area (Å²) in [5, 5.41) is 12.2. The second kappa shape index (κ2) is 17.9. The van der Waals surface area contributed by atoms with E-state index >= 15 is 0 Å². The van der Waals surface area contributed by atoms with Crippen LogP contribution in [0.25, 0.3) is 0 Å². The minimum atomic E-state index is -0.662. The second-order valence-electron chi connectivity index (χ2n) is 9.27. The van der Waals surface area contributed by atoms with E-state index in [2.05, 4.69) is 5.32 Å². The van der Waals surface area contributed by atoms with Gasteiger partial charge in [-0.05, 0) is 64.5 Å². The van der Waals surface area contributed by atoms with Crippen molar-refractivity contribution in [2.75, 3.05) is 13.1 Å². The third-order valence-electron chi connectivity index (χ3n) is 6.60. The zero-order valence-electron chi connectivity index (χ0n) is 19.1. The highest BCUT2D eigenvalue weighted by molar-refractivity contribution is 5.78. The van der Waals surface area contributed by atoms with Crippen molar-refractivity contribution >= 4 is 11.8 Å². The zero-order valence-corrected chi connectivity index (χ0v) is 19.1. The molecule has 0 amide bonds. The van der Waals surface area contributed by atoms with Gasteiger partial charge in [-0.2, -0.15) is 0 Å². The van der Waals surface area contributed by atoms with Crippen molar-refractivity contribution in [1.82, 2.24) is 5.32 Å². The monoisotopic (exact) mass is 409 g/mol. The minimum absolute atomic E-state index is 0.333. The lowest BCUT2D eigenvalue weighted by atomic mass is 9.80. The van der Waals surface area contributed by atoms with Crippen LogP contribution in [0.1, 0.15) is 122 Å². The SMILES string of the molecule is CC(=O)C1CCC(CNCCCCCCCCCCCCCCCC(=O)O)CC1. The summed E-state index contributed by atoms with van der Waals surface area (Å²) in [6, 6.07) is 0. The molecule has 0 bridgehead atoms. The summed E-state index contributed by atoms with van der Waals surface area (Å²) in [6.07, 6.45) is 21.5. The number of hydrogen-bond acceptors (Lipinski definition) is 3. The van der Waals surface area contributed by atoms with E-state index in [0.717, 1.165) is 44.7 Å². The molecule has 1 fully saturated rings. The van der Waals surface area contributed by atoms with Gasteiger partial charge in [0.2, 0.25) is 0 Å². The Balaban J connectivity index is 1.72. The summed E-state index contributed by atoms with van der Waals surface area (Å²) >= 11 is 0. The first-order valence-corrected chi connectivity index (χ1v) is 12.5. The molecule has 4 heteroatoms. The van der Waals surface area contributed by atoms with E-state index in [9.17, 15) is 9.59 Å². The molecule has 1 saturated carbocycles. The Kier molecular flexibility index (Phi) is 16.1. The number of carboxylic acids is 1. The lowest BCUT2D eigenvalue weighted by Crippen LogP contribution is -2.28. The third-order valence-corrected chi connectivity index (χ3v) is 6.60. The molecule has 0 spiro atoms. The Hall–Kier alpha value is -0.900. The largest absolute Gasteiger partial charge is 0.481 e. The molecule has 29 heavy (non-hydrogen) atoms. The van der Waals surface area contributed by atoms with Crippen molar-refractivity contribution in [3.05, 3.63) is 0 Å². The maximum atomic E-state index is 11.4. The van der Waals surface area contributed by atoms with Crippen LogP contribution in [0, 0.1) is 11.8 Å². The number of carbonyl (C=O) groups excluding carboxylic acids is 1. The summed E-state index contributed by atoms with van der Waals surface area (Å²) in [6.45, 7) is 4.04. The molecular weight excluding hydrogens is 362 g/mol. The number of rotatable bonds is 19. The topological polar surface area (TPSA) is 66.4 Å². The Morgan fingerprint density at radius 2 is 1.17 bits per heavy atom. The number of carboxylic acid groups (broad SMARTS) is 1. The first-order chi connectivity index (χ1) is 14.1. The van der Waals surface area contributed by atoms with E-state index in [1.165, 1.54) is 83.5 Å². The molecule has 0 aliphatic heterocycles. The van der Waals surface area contributed by atoms with Gasteiger partial charge in [-0.25, -0.2) is 0 Å². The number of carbonyl (C=O) groups is 2.